The Kier molecular flexibility index (Phi) is 7.37. The van der Waals surface area contributed by atoms with Crippen molar-refractivity contribution in [2.45, 2.75) is 51.2 Å². The molecule has 1 spiro atoms. The van der Waals surface area contributed by atoms with Crippen molar-refractivity contribution in [1.29, 1.82) is 0 Å². The van der Waals surface area contributed by atoms with Crippen molar-refractivity contribution in [2.75, 3.05) is 33.3 Å². The number of rotatable bonds is 2. The number of hydrogen-bond acceptors (Lipinski definition) is 4. The topological polar surface area (TPSA) is 67.7 Å². The lowest BCUT2D eigenvalue weighted by Crippen LogP contribution is -2.54. The van der Waals surface area contributed by atoms with E-state index in [-0.39, 0.29) is 24.9 Å². The monoisotopic (exact) mass is 492 g/mol. The number of halogens is 3. The van der Waals surface area contributed by atoms with Gasteiger partial charge >= 0.3 is 6.18 Å². The summed E-state index contributed by atoms with van der Waals surface area (Å²) in [7, 11) is 1.76. The lowest BCUT2D eigenvalue weighted by atomic mass is 9.74. The molecule has 35 heavy (non-hydrogen) atoms. The van der Waals surface area contributed by atoms with E-state index < -0.39 is 17.3 Å². The maximum Gasteiger partial charge on any atom is 0.435 e. The number of para-hydroxylation sites is 1. The van der Waals surface area contributed by atoms with Crippen LogP contribution in [0.4, 0.5) is 13.2 Å². The first kappa shape index (κ1) is 25.1. The number of carbonyl (C=O) groups is 2. The van der Waals surface area contributed by atoms with E-state index in [4.69, 9.17) is 4.74 Å². The Morgan fingerprint density at radius 2 is 1.89 bits per heavy atom. The van der Waals surface area contributed by atoms with E-state index in [0.29, 0.717) is 39.0 Å². The molecule has 2 aliphatic rings. The van der Waals surface area contributed by atoms with Gasteiger partial charge in [-0.2, -0.15) is 18.3 Å². The Balaban J connectivity index is 1.47. The van der Waals surface area contributed by atoms with Crippen molar-refractivity contribution in [3.8, 4) is 5.75 Å². The Morgan fingerprint density at radius 3 is 2.66 bits per heavy atom. The van der Waals surface area contributed by atoms with Crippen LogP contribution in [0.1, 0.15) is 43.4 Å². The molecule has 1 aromatic carbocycles. The van der Waals surface area contributed by atoms with Crippen LogP contribution in [0.25, 0.3) is 0 Å². The van der Waals surface area contributed by atoms with Crippen LogP contribution in [0.2, 0.25) is 0 Å². The molecule has 1 unspecified atom stereocenters. The number of nitrogens with zero attached hydrogens (tertiary/aromatic N) is 4. The highest BCUT2D eigenvalue weighted by atomic mass is 19.4. The molecule has 7 nitrogen and oxygen atoms in total. The Bertz CT molecular complexity index is 1050. The van der Waals surface area contributed by atoms with Crippen LogP contribution in [0.15, 0.2) is 36.5 Å². The number of alkyl halides is 3. The van der Waals surface area contributed by atoms with Crippen LogP contribution >= 0.6 is 0 Å². The third kappa shape index (κ3) is 5.79. The van der Waals surface area contributed by atoms with Crippen molar-refractivity contribution in [3.05, 3.63) is 47.8 Å². The van der Waals surface area contributed by atoms with Crippen molar-refractivity contribution in [2.24, 2.45) is 5.41 Å². The standard InChI is InChI=1S/C25H31F3N4O3/c1-30-15-16-35-20-9-3-2-7-19(20)8-4-5-11-24(23(30)34)12-6-13-31(18-24)22(33)17-32-14-10-21(29-32)25(26,27)28/h2-3,7,9-10,14H,4-6,8,11-13,15-18H2,1H3. The minimum atomic E-state index is -4.56. The summed E-state index contributed by atoms with van der Waals surface area (Å²) in [5, 5.41) is 3.49. The number of amides is 2. The Morgan fingerprint density at radius 1 is 1.11 bits per heavy atom. The largest absolute Gasteiger partial charge is 0.491 e. The molecule has 0 radical (unpaired) electrons. The van der Waals surface area contributed by atoms with Gasteiger partial charge in [-0.25, -0.2) is 0 Å². The summed E-state index contributed by atoms with van der Waals surface area (Å²) in [5.41, 5.74) is -0.586. The minimum Gasteiger partial charge on any atom is -0.491 e. The molecule has 3 heterocycles. The maximum atomic E-state index is 13.6. The Hall–Kier alpha value is -3.04. The number of carbonyl (C=O) groups excluding carboxylic acids is 2. The number of aryl methyl sites for hydroxylation is 1. The van der Waals surface area contributed by atoms with E-state index in [0.717, 1.165) is 47.5 Å². The molecular weight excluding hydrogens is 461 g/mol. The van der Waals surface area contributed by atoms with Crippen molar-refractivity contribution < 1.29 is 27.5 Å². The molecule has 190 valence electrons. The van der Waals surface area contributed by atoms with Gasteiger partial charge in [0.15, 0.2) is 5.69 Å². The van der Waals surface area contributed by atoms with Crippen LogP contribution in [0.3, 0.4) is 0 Å². The highest BCUT2D eigenvalue weighted by Gasteiger charge is 2.44. The Labute approximate surface area is 202 Å². The predicted octanol–water partition coefficient (Wildman–Crippen LogP) is 3.77. The molecule has 1 aromatic heterocycles. The van der Waals surface area contributed by atoms with Gasteiger partial charge < -0.3 is 14.5 Å². The van der Waals surface area contributed by atoms with Gasteiger partial charge in [-0.15, -0.1) is 0 Å². The zero-order chi connectivity index (χ0) is 25.1. The lowest BCUT2D eigenvalue weighted by molar-refractivity contribution is -0.150. The summed E-state index contributed by atoms with van der Waals surface area (Å²) < 4.78 is 45.5. The second-order valence-electron chi connectivity index (χ2n) is 9.49. The summed E-state index contributed by atoms with van der Waals surface area (Å²) >= 11 is 0. The second kappa shape index (κ2) is 10.3. The first-order chi connectivity index (χ1) is 16.7. The molecule has 1 fully saturated rings. The quantitative estimate of drug-likeness (QED) is 0.640. The molecule has 0 saturated carbocycles. The number of likely N-dealkylation sites (N-methyl/N-ethyl adjacent to an activating group) is 1. The van der Waals surface area contributed by atoms with Crippen molar-refractivity contribution >= 4 is 11.8 Å². The van der Waals surface area contributed by atoms with Crippen LogP contribution in [0.5, 0.6) is 5.75 Å². The summed E-state index contributed by atoms with van der Waals surface area (Å²) in [6.45, 7) is 1.25. The molecule has 2 aromatic rings. The molecular formula is C25H31F3N4O3. The fourth-order valence-corrected chi connectivity index (χ4v) is 5.10. The van der Waals surface area contributed by atoms with E-state index in [9.17, 15) is 22.8 Å². The van der Waals surface area contributed by atoms with E-state index in [2.05, 4.69) is 11.2 Å². The van der Waals surface area contributed by atoms with Crippen LogP contribution in [-0.2, 0) is 28.7 Å². The summed E-state index contributed by atoms with van der Waals surface area (Å²) in [5.74, 6) is 0.510. The van der Waals surface area contributed by atoms with Gasteiger partial charge in [0, 0.05) is 26.3 Å². The fraction of sp³-hybridized carbons (Fsp3) is 0.560. The third-order valence-electron chi connectivity index (χ3n) is 6.97. The first-order valence-corrected chi connectivity index (χ1v) is 12.0. The molecule has 2 amide bonds. The smallest absolute Gasteiger partial charge is 0.435 e. The zero-order valence-corrected chi connectivity index (χ0v) is 19.9. The van der Waals surface area contributed by atoms with E-state index in [1.165, 1.54) is 0 Å². The van der Waals surface area contributed by atoms with Gasteiger partial charge in [-0.1, -0.05) is 24.6 Å². The molecule has 0 bridgehead atoms. The van der Waals surface area contributed by atoms with E-state index >= 15 is 0 Å². The highest BCUT2D eigenvalue weighted by molar-refractivity contribution is 5.84. The van der Waals surface area contributed by atoms with E-state index in [1.807, 2.05) is 18.2 Å². The lowest BCUT2D eigenvalue weighted by Gasteiger charge is -2.43. The van der Waals surface area contributed by atoms with E-state index in [1.54, 1.807) is 16.8 Å². The van der Waals surface area contributed by atoms with Gasteiger partial charge in [0.2, 0.25) is 11.8 Å². The fourth-order valence-electron chi connectivity index (χ4n) is 5.10. The number of likely N-dealkylation sites (tertiary alicyclic amines) is 1. The molecule has 0 aliphatic carbocycles. The number of aromatic nitrogens is 2. The van der Waals surface area contributed by atoms with Crippen LogP contribution < -0.4 is 4.74 Å². The molecule has 4 rings (SSSR count). The average molecular weight is 493 g/mol. The zero-order valence-electron chi connectivity index (χ0n) is 19.9. The minimum absolute atomic E-state index is 0.00842. The number of benzene rings is 1. The SMILES string of the molecule is CN1CCOc2ccccc2CCCCC2(CCCN(C(=O)Cn3ccc(C(F)(F)F)n3)C2)C1=O. The average Bonchev–Trinajstić information content (AvgIpc) is 3.31. The molecule has 10 heteroatoms. The summed E-state index contributed by atoms with van der Waals surface area (Å²) in [6.07, 6.45) is 1.16. The highest BCUT2D eigenvalue weighted by Crippen LogP contribution is 2.38. The van der Waals surface area contributed by atoms with Crippen molar-refractivity contribution in [3.63, 3.8) is 0 Å². The normalized spacial score (nSPS) is 22.2. The molecule has 1 atom stereocenters. The summed E-state index contributed by atoms with van der Waals surface area (Å²) in [6, 6.07) is 8.80. The van der Waals surface area contributed by atoms with Gasteiger partial charge in [0.05, 0.1) is 12.0 Å². The molecule has 2 aliphatic heterocycles. The number of hydrogen-bond donors (Lipinski definition) is 0. The third-order valence-corrected chi connectivity index (χ3v) is 6.97. The summed E-state index contributed by atoms with van der Waals surface area (Å²) in [4.78, 5) is 29.9. The predicted molar refractivity (Wildman–Crippen MR) is 123 cm³/mol. The van der Waals surface area contributed by atoms with Gasteiger partial charge in [0.1, 0.15) is 18.9 Å². The van der Waals surface area contributed by atoms with Crippen LogP contribution in [0, 0.1) is 5.41 Å². The number of piperidine rings is 1. The van der Waals surface area contributed by atoms with Crippen molar-refractivity contribution in [1.82, 2.24) is 19.6 Å². The van der Waals surface area contributed by atoms with Gasteiger partial charge in [0.25, 0.3) is 0 Å². The van der Waals surface area contributed by atoms with Gasteiger partial charge in [-0.05, 0) is 49.8 Å². The maximum absolute atomic E-state index is 13.6. The second-order valence-corrected chi connectivity index (χ2v) is 9.49. The van der Waals surface area contributed by atoms with Gasteiger partial charge in [-0.3, -0.25) is 14.3 Å². The number of ether oxygens (including phenoxy) is 1. The molecule has 0 N–H and O–H groups in total. The van der Waals surface area contributed by atoms with Crippen LogP contribution in [-0.4, -0.2) is 64.7 Å². The molecule has 1 saturated heterocycles. The first-order valence-electron chi connectivity index (χ1n) is 12.0. The number of fused-ring (bicyclic) bond motifs is 1.